The summed E-state index contributed by atoms with van der Waals surface area (Å²) >= 11 is 1.40. The Morgan fingerprint density at radius 1 is 1.56 bits per heavy atom. The zero-order chi connectivity index (χ0) is 13.5. The second-order valence-electron chi connectivity index (χ2n) is 3.81. The second-order valence-corrected chi connectivity index (χ2v) is 4.85. The van der Waals surface area contributed by atoms with Crippen molar-refractivity contribution in [3.63, 3.8) is 0 Å². The lowest BCUT2D eigenvalue weighted by molar-refractivity contribution is -0.383. The number of para-hydroxylation sites is 2. The van der Waals surface area contributed by atoms with Gasteiger partial charge in [0.2, 0.25) is 5.91 Å². The summed E-state index contributed by atoms with van der Waals surface area (Å²) in [6.07, 6.45) is 0. The number of nitro groups is 1. The minimum absolute atomic E-state index is 0.0221. The molecule has 3 N–H and O–H groups in total. The maximum absolute atomic E-state index is 11.6. The van der Waals surface area contributed by atoms with Crippen molar-refractivity contribution < 1.29 is 9.72 Å². The van der Waals surface area contributed by atoms with E-state index < -0.39 is 4.92 Å². The number of carbonyl (C=O) groups excluding carboxylic acids is 1. The molecule has 0 heterocycles. The van der Waals surface area contributed by atoms with Crippen LogP contribution in [0.5, 0.6) is 0 Å². The molecule has 0 saturated carbocycles. The maximum atomic E-state index is 11.6. The van der Waals surface area contributed by atoms with Crippen LogP contribution in [0.2, 0.25) is 0 Å². The number of anilines is 1. The molecule has 0 bridgehead atoms. The van der Waals surface area contributed by atoms with E-state index in [1.807, 2.05) is 6.92 Å². The Labute approximate surface area is 109 Å². The molecule has 98 valence electrons. The summed E-state index contributed by atoms with van der Waals surface area (Å²) in [4.78, 5) is 21.8. The minimum Gasteiger partial charge on any atom is -0.327 e. The van der Waals surface area contributed by atoms with Crippen molar-refractivity contribution in [2.75, 3.05) is 16.8 Å². The maximum Gasteiger partial charge on any atom is 0.292 e. The monoisotopic (exact) mass is 269 g/mol. The van der Waals surface area contributed by atoms with Gasteiger partial charge in [-0.25, -0.2) is 0 Å². The van der Waals surface area contributed by atoms with Gasteiger partial charge in [-0.2, -0.15) is 11.8 Å². The van der Waals surface area contributed by atoms with Crippen LogP contribution in [0, 0.1) is 10.1 Å². The summed E-state index contributed by atoms with van der Waals surface area (Å²) in [7, 11) is 0. The highest BCUT2D eigenvalue weighted by Crippen LogP contribution is 2.23. The lowest BCUT2D eigenvalue weighted by Crippen LogP contribution is -2.20. The Morgan fingerprint density at radius 3 is 2.83 bits per heavy atom. The first-order valence-electron chi connectivity index (χ1n) is 5.37. The van der Waals surface area contributed by atoms with Gasteiger partial charge in [-0.3, -0.25) is 14.9 Å². The van der Waals surface area contributed by atoms with Crippen LogP contribution in [0.1, 0.15) is 6.92 Å². The van der Waals surface area contributed by atoms with Crippen molar-refractivity contribution in [3.05, 3.63) is 34.4 Å². The molecule has 1 amide bonds. The van der Waals surface area contributed by atoms with Gasteiger partial charge in [0, 0.05) is 17.9 Å². The summed E-state index contributed by atoms with van der Waals surface area (Å²) < 4.78 is 0. The lowest BCUT2D eigenvalue weighted by atomic mass is 10.2. The van der Waals surface area contributed by atoms with Crippen LogP contribution in [-0.4, -0.2) is 28.4 Å². The van der Waals surface area contributed by atoms with Crippen LogP contribution in [0.15, 0.2) is 24.3 Å². The highest BCUT2D eigenvalue weighted by atomic mass is 32.2. The third-order valence-electron chi connectivity index (χ3n) is 1.99. The number of nitro benzene ring substituents is 1. The molecule has 0 aliphatic heterocycles. The number of benzene rings is 1. The third-order valence-corrected chi connectivity index (χ3v) is 3.22. The van der Waals surface area contributed by atoms with Crippen molar-refractivity contribution in [1.29, 1.82) is 0 Å². The van der Waals surface area contributed by atoms with E-state index in [9.17, 15) is 14.9 Å². The number of thioether (sulfide) groups is 1. The van der Waals surface area contributed by atoms with E-state index in [0.717, 1.165) is 0 Å². The first kappa shape index (κ1) is 14.5. The first-order chi connectivity index (χ1) is 8.50. The molecule has 0 aliphatic carbocycles. The van der Waals surface area contributed by atoms with E-state index in [2.05, 4.69) is 5.32 Å². The van der Waals surface area contributed by atoms with Crippen molar-refractivity contribution in [3.8, 4) is 0 Å². The topological polar surface area (TPSA) is 98.3 Å². The molecule has 0 aromatic heterocycles. The average Bonchev–Trinajstić information content (AvgIpc) is 2.28. The number of nitrogens with two attached hydrogens (primary N) is 1. The average molecular weight is 269 g/mol. The quantitative estimate of drug-likeness (QED) is 0.604. The van der Waals surface area contributed by atoms with Crippen LogP contribution in [0.3, 0.4) is 0 Å². The van der Waals surface area contributed by atoms with Crippen LogP contribution in [-0.2, 0) is 4.79 Å². The Morgan fingerprint density at radius 2 is 2.22 bits per heavy atom. The van der Waals surface area contributed by atoms with E-state index >= 15 is 0 Å². The Bertz CT molecular complexity index is 437. The zero-order valence-corrected chi connectivity index (χ0v) is 10.8. The Kier molecular flexibility index (Phi) is 5.60. The summed E-state index contributed by atoms with van der Waals surface area (Å²) in [5.74, 6) is 0.632. The van der Waals surface area contributed by atoms with Crippen LogP contribution in [0.25, 0.3) is 0 Å². The van der Waals surface area contributed by atoms with Gasteiger partial charge in [0.05, 0.1) is 10.7 Å². The van der Waals surface area contributed by atoms with E-state index in [0.29, 0.717) is 5.75 Å². The number of hydrogen-bond acceptors (Lipinski definition) is 5. The SMILES string of the molecule is CC(N)CSCC(=O)Nc1ccccc1[N+](=O)[O-]. The molecule has 1 atom stereocenters. The standard InChI is InChI=1S/C11H15N3O3S/c1-8(12)6-18-7-11(15)13-9-4-2-3-5-10(9)14(16)17/h2-5,8H,6-7,12H2,1H3,(H,13,15). The Hall–Kier alpha value is -1.60. The fourth-order valence-corrected chi connectivity index (χ4v) is 2.01. The van der Waals surface area contributed by atoms with Crippen molar-refractivity contribution in [2.24, 2.45) is 5.73 Å². The molecule has 1 aromatic carbocycles. The number of amides is 1. The van der Waals surface area contributed by atoms with Crippen LogP contribution < -0.4 is 11.1 Å². The first-order valence-corrected chi connectivity index (χ1v) is 6.52. The number of carbonyl (C=O) groups is 1. The molecule has 0 spiro atoms. The number of hydrogen-bond donors (Lipinski definition) is 2. The highest BCUT2D eigenvalue weighted by Gasteiger charge is 2.14. The van der Waals surface area contributed by atoms with Gasteiger partial charge in [0.1, 0.15) is 5.69 Å². The van der Waals surface area contributed by atoms with Gasteiger partial charge in [0.15, 0.2) is 0 Å². The second kappa shape index (κ2) is 6.97. The molecule has 0 fully saturated rings. The van der Waals surface area contributed by atoms with E-state index in [1.165, 1.54) is 23.9 Å². The van der Waals surface area contributed by atoms with Gasteiger partial charge < -0.3 is 11.1 Å². The van der Waals surface area contributed by atoms with Gasteiger partial charge in [-0.15, -0.1) is 0 Å². The fraction of sp³-hybridized carbons (Fsp3) is 0.364. The summed E-state index contributed by atoms with van der Waals surface area (Å²) in [6.45, 7) is 1.85. The molecular formula is C11H15N3O3S. The third kappa shape index (κ3) is 4.72. The van der Waals surface area contributed by atoms with Crippen molar-refractivity contribution >= 4 is 29.0 Å². The fourth-order valence-electron chi connectivity index (χ4n) is 1.26. The summed E-state index contributed by atoms with van der Waals surface area (Å²) in [6, 6.07) is 6.07. The normalized spacial score (nSPS) is 11.9. The largest absolute Gasteiger partial charge is 0.327 e. The highest BCUT2D eigenvalue weighted by molar-refractivity contribution is 8.00. The van der Waals surface area contributed by atoms with Crippen molar-refractivity contribution in [1.82, 2.24) is 0 Å². The molecular weight excluding hydrogens is 254 g/mol. The Balaban J connectivity index is 2.56. The number of nitrogens with one attached hydrogen (secondary N) is 1. The number of nitrogens with zero attached hydrogens (tertiary/aromatic N) is 1. The summed E-state index contributed by atoms with van der Waals surface area (Å²) in [5.41, 5.74) is 5.66. The molecule has 0 aliphatic rings. The van der Waals surface area contributed by atoms with Crippen LogP contribution >= 0.6 is 11.8 Å². The number of rotatable bonds is 6. The van der Waals surface area contributed by atoms with Gasteiger partial charge in [0.25, 0.3) is 5.69 Å². The predicted molar refractivity (Wildman–Crippen MR) is 72.7 cm³/mol. The van der Waals surface area contributed by atoms with Gasteiger partial charge in [-0.1, -0.05) is 12.1 Å². The van der Waals surface area contributed by atoms with Crippen molar-refractivity contribution in [2.45, 2.75) is 13.0 Å². The molecule has 1 unspecified atom stereocenters. The molecule has 7 heteroatoms. The van der Waals surface area contributed by atoms with E-state index in [4.69, 9.17) is 5.73 Å². The summed E-state index contributed by atoms with van der Waals surface area (Å²) in [5, 5.41) is 13.3. The minimum atomic E-state index is -0.523. The smallest absolute Gasteiger partial charge is 0.292 e. The zero-order valence-electron chi connectivity index (χ0n) is 9.96. The molecule has 0 saturated heterocycles. The predicted octanol–water partition coefficient (Wildman–Crippen LogP) is 1.61. The van der Waals surface area contributed by atoms with Gasteiger partial charge in [-0.05, 0) is 13.0 Å². The lowest BCUT2D eigenvalue weighted by Gasteiger charge is -2.06. The molecule has 1 aromatic rings. The molecule has 0 radical (unpaired) electrons. The molecule has 18 heavy (non-hydrogen) atoms. The van der Waals surface area contributed by atoms with Gasteiger partial charge >= 0.3 is 0 Å². The van der Waals surface area contributed by atoms with E-state index in [1.54, 1.807) is 12.1 Å². The molecule has 6 nitrogen and oxygen atoms in total. The van der Waals surface area contributed by atoms with E-state index in [-0.39, 0.29) is 29.1 Å². The molecule has 1 rings (SSSR count). The van der Waals surface area contributed by atoms with Crippen LogP contribution in [0.4, 0.5) is 11.4 Å².